The van der Waals surface area contributed by atoms with Crippen LogP contribution in [-0.2, 0) is 6.54 Å². The lowest BCUT2D eigenvalue weighted by Gasteiger charge is -2.36. The minimum atomic E-state index is 0.717. The zero-order valence-electron chi connectivity index (χ0n) is 12.5. The molecule has 2 aromatic rings. The van der Waals surface area contributed by atoms with Gasteiger partial charge in [0.25, 0.3) is 0 Å². The Morgan fingerprint density at radius 2 is 1.90 bits per heavy atom. The quantitative estimate of drug-likeness (QED) is 0.841. The number of nitrogens with zero attached hydrogens (tertiary/aromatic N) is 2. The summed E-state index contributed by atoms with van der Waals surface area (Å²) in [7, 11) is 0. The third-order valence-corrected chi connectivity index (χ3v) is 4.60. The molecule has 2 heterocycles. The monoisotopic (exact) mass is 302 g/mol. The Hall–Kier alpha value is -1.52. The van der Waals surface area contributed by atoms with Crippen LogP contribution in [0.2, 0.25) is 0 Å². The highest BCUT2D eigenvalue weighted by molar-refractivity contribution is 7.07. The molecule has 4 heteroatoms. The van der Waals surface area contributed by atoms with Crippen LogP contribution < -0.4 is 9.64 Å². The van der Waals surface area contributed by atoms with Crippen molar-refractivity contribution in [2.75, 3.05) is 37.7 Å². The van der Waals surface area contributed by atoms with Gasteiger partial charge in [0, 0.05) is 32.7 Å². The highest BCUT2D eigenvalue weighted by atomic mass is 32.1. The molecule has 1 aromatic carbocycles. The SMILES string of the molecule is CCOc1ccccc1N1CCN(Cc2ccsc2)CC1. The first-order chi connectivity index (χ1) is 10.4. The van der Waals surface area contributed by atoms with Crippen LogP contribution in [0.15, 0.2) is 41.1 Å². The number of benzene rings is 1. The molecule has 1 saturated heterocycles. The number of thiophene rings is 1. The Kier molecular flexibility index (Phi) is 4.78. The van der Waals surface area contributed by atoms with Gasteiger partial charge in [-0.25, -0.2) is 0 Å². The van der Waals surface area contributed by atoms with Gasteiger partial charge in [-0.05, 0) is 41.4 Å². The first kappa shape index (κ1) is 14.4. The molecule has 0 N–H and O–H groups in total. The van der Waals surface area contributed by atoms with Crippen LogP contribution in [-0.4, -0.2) is 37.7 Å². The maximum absolute atomic E-state index is 5.75. The third kappa shape index (κ3) is 3.57. The van der Waals surface area contributed by atoms with Gasteiger partial charge in [-0.2, -0.15) is 11.3 Å². The number of rotatable bonds is 5. The zero-order chi connectivity index (χ0) is 14.5. The molecule has 3 nitrogen and oxygen atoms in total. The van der Waals surface area contributed by atoms with Gasteiger partial charge in [0.1, 0.15) is 5.75 Å². The Morgan fingerprint density at radius 1 is 1.10 bits per heavy atom. The van der Waals surface area contributed by atoms with E-state index >= 15 is 0 Å². The van der Waals surface area contributed by atoms with Crippen LogP contribution in [0.1, 0.15) is 12.5 Å². The van der Waals surface area contributed by atoms with Crippen molar-refractivity contribution in [3.05, 3.63) is 46.7 Å². The second-order valence-electron chi connectivity index (χ2n) is 5.30. The van der Waals surface area contributed by atoms with Crippen molar-refractivity contribution in [1.82, 2.24) is 4.90 Å². The topological polar surface area (TPSA) is 15.7 Å². The normalized spacial score (nSPS) is 16.1. The van der Waals surface area contributed by atoms with Crippen LogP contribution >= 0.6 is 11.3 Å². The molecule has 1 aromatic heterocycles. The van der Waals surface area contributed by atoms with Crippen LogP contribution in [0.5, 0.6) is 5.75 Å². The van der Waals surface area contributed by atoms with Gasteiger partial charge in [-0.15, -0.1) is 0 Å². The molecule has 0 spiro atoms. The summed E-state index contributed by atoms with van der Waals surface area (Å²) in [5.41, 5.74) is 2.66. The molecule has 112 valence electrons. The molecule has 1 aliphatic rings. The van der Waals surface area contributed by atoms with E-state index in [0.717, 1.165) is 45.1 Å². The maximum Gasteiger partial charge on any atom is 0.142 e. The van der Waals surface area contributed by atoms with E-state index in [9.17, 15) is 0 Å². The predicted molar refractivity (Wildman–Crippen MR) is 89.4 cm³/mol. The number of ether oxygens (including phenoxy) is 1. The largest absolute Gasteiger partial charge is 0.492 e. The average Bonchev–Trinajstić information content (AvgIpc) is 3.02. The molecule has 0 saturated carbocycles. The second-order valence-corrected chi connectivity index (χ2v) is 6.08. The van der Waals surface area contributed by atoms with E-state index in [2.05, 4.69) is 44.8 Å². The minimum Gasteiger partial charge on any atom is -0.492 e. The highest BCUT2D eigenvalue weighted by Gasteiger charge is 2.19. The molecular formula is C17H22N2OS. The summed E-state index contributed by atoms with van der Waals surface area (Å²) in [6.07, 6.45) is 0. The lowest BCUT2D eigenvalue weighted by atomic mass is 10.2. The Morgan fingerprint density at radius 3 is 2.62 bits per heavy atom. The Balaban J connectivity index is 1.60. The molecule has 21 heavy (non-hydrogen) atoms. The van der Waals surface area contributed by atoms with E-state index < -0.39 is 0 Å². The summed E-state index contributed by atoms with van der Waals surface area (Å²) < 4.78 is 5.75. The van der Waals surface area contributed by atoms with Crippen molar-refractivity contribution in [3.63, 3.8) is 0 Å². The number of anilines is 1. The maximum atomic E-state index is 5.75. The third-order valence-electron chi connectivity index (χ3n) is 3.86. The Bertz CT molecular complexity index is 548. The molecule has 1 fully saturated rings. The van der Waals surface area contributed by atoms with Crippen LogP contribution in [0, 0.1) is 0 Å². The van der Waals surface area contributed by atoms with Crippen molar-refractivity contribution in [2.45, 2.75) is 13.5 Å². The van der Waals surface area contributed by atoms with E-state index in [-0.39, 0.29) is 0 Å². The van der Waals surface area contributed by atoms with Crippen LogP contribution in [0.25, 0.3) is 0 Å². The van der Waals surface area contributed by atoms with Gasteiger partial charge < -0.3 is 9.64 Å². The predicted octanol–water partition coefficient (Wildman–Crippen LogP) is 3.47. The number of piperazine rings is 1. The minimum absolute atomic E-state index is 0.717. The van der Waals surface area contributed by atoms with E-state index in [0.29, 0.717) is 0 Å². The smallest absolute Gasteiger partial charge is 0.142 e. The standard InChI is InChI=1S/C17H22N2OS/c1-2-20-17-6-4-3-5-16(17)19-10-8-18(9-11-19)13-15-7-12-21-14-15/h3-7,12,14H,2,8-11,13H2,1H3. The van der Waals surface area contributed by atoms with Crippen molar-refractivity contribution in [2.24, 2.45) is 0 Å². The van der Waals surface area contributed by atoms with Crippen molar-refractivity contribution in [1.29, 1.82) is 0 Å². The van der Waals surface area contributed by atoms with Crippen LogP contribution in [0.3, 0.4) is 0 Å². The van der Waals surface area contributed by atoms with Gasteiger partial charge in [0.2, 0.25) is 0 Å². The van der Waals surface area contributed by atoms with E-state index in [4.69, 9.17) is 4.74 Å². The molecule has 0 amide bonds. The van der Waals surface area contributed by atoms with Crippen molar-refractivity contribution < 1.29 is 4.74 Å². The molecule has 1 aliphatic heterocycles. The van der Waals surface area contributed by atoms with Crippen molar-refractivity contribution >= 4 is 17.0 Å². The molecular weight excluding hydrogens is 280 g/mol. The summed E-state index contributed by atoms with van der Waals surface area (Å²) in [4.78, 5) is 4.97. The molecule has 0 unspecified atom stereocenters. The van der Waals surface area contributed by atoms with Gasteiger partial charge in [-0.3, -0.25) is 4.90 Å². The van der Waals surface area contributed by atoms with Gasteiger partial charge in [-0.1, -0.05) is 12.1 Å². The van der Waals surface area contributed by atoms with Gasteiger partial charge in [0.05, 0.1) is 12.3 Å². The van der Waals surface area contributed by atoms with Gasteiger partial charge in [0.15, 0.2) is 0 Å². The number of hydrogen-bond donors (Lipinski definition) is 0. The van der Waals surface area contributed by atoms with E-state index in [1.54, 1.807) is 11.3 Å². The first-order valence-corrected chi connectivity index (χ1v) is 8.51. The van der Waals surface area contributed by atoms with Crippen molar-refractivity contribution in [3.8, 4) is 5.75 Å². The molecule has 3 rings (SSSR count). The highest BCUT2D eigenvalue weighted by Crippen LogP contribution is 2.29. The second kappa shape index (κ2) is 6.96. The fraction of sp³-hybridized carbons (Fsp3) is 0.412. The zero-order valence-corrected chi connectivity index (χ0v) is 13.3. The molecule has 0 atom stereocenters. The van der Waals surface area contributed by atoms with Gasteiger partial charge >= 0.3 is 0 Å². The number of para-hydroxylation sites is 2. The summed E-state index contributed by atoms with van der Waals surface area (Å²) in [5, 5.41) is 4.40. The molecule has 0 aliphatic carbocycles. The average molecular weight is 302 g/mol. The van der Waals surface area contributed by atoms with Crippen LogP contribution in [0.4, 0.5) is 5.69 Å². The fourth-order valence-corrected chi connectivity index (χ4v) is 3.44. The summed E-state index contributed by atoms with van der Waals surface area (Å²) >= 11 is 1.78. The first-order valence-electron chi connectivity index (χ1n) is 7.57. The van der Waals surface area contributed by atoms with E-state index in [1.165, 1.54) is 11.3 Å². The summed E-state index contributed by atoms with van der Waals surface area (Å²) in [6.45, 7) is 8.17. The number of hydrogen-bond acceptors (Lipinski definition) is 4. The lowest BCUT2D eigenvalue weighted by molar-refractivity contribution is 0.249. The summed E-state index contributed by atoms with van der Waals surface area (Å²) in [5.74, 6) is 1.01. The summed E-state index contributed by atoms with van der Waals surface area (Å²) in [6, 6.07) is 10.6. The van der Waals surface area contributed by atoms with E-state index in [1.807, 2.05) is 13.0 Å². The molecule has 0 radical (unpaired) electrons. The molecule has 0 bridgehead atoms. The lowest BCUT2D eigenvalue weighted by Crippen LogP contribution is -2.46. The fourth-order valence-electron chi connectivity index (χ4n) is 2.78. The Labute approximate surface area is 130 Å².